The van der Waals surface area contributed by atoms with Gasteiger partial charge < -0.3 is 9.13 Å². The molecular formula is C38H32N2Zr. The summed E-state index contributed by atoms with van der Waals surface area (Å²) in [5, 5.41) is 5.39. The number of benzene rings is 4. The minimum Gasteiger partial charge on any atom is -0.367 e. The molecule has 0 aliphatic heterocycles. The number of nitrogens with zero attached hydrogens (tertiary/aromatic N) is 2. The number of hydrogen-bond acceptors (Lipinski definition) is 0. The first kappa shape index (κ1) is 27.2. The molecule has 0 saturated heterocycles. The van der Waals surface area contributed by atoms with Gasteiger partial charge in [0, 0.05) is 22.4 Å². The van der Waals surface area contributed by atoms with Crippen LogP contribution in [0.4, 0.5) is 0 Å². The minimum absolute atomic E-state index is 0. The molecule has 0 fully saturated rings. The average molecular weight is 608 g/mol. The van der Waals surface area contributed by atoms with Gasteiger partial charge in [-0.15, -0.1) is 45.2 Å². The molecule has 3 heteroatoms. The molecular weight excluding hydrogens is 576 g/mol. The van der Waals surface area contributed by atoms with Crippen LogP contribution in [0.1, 0.15) is 22.3 Å². The number of fused-ring (bicyclic) bond motifs is 6. The van der Waals surface area contributed by atoms with Crippen molar-refractivity contribution in [2.24, 2.45) is 0 Å². The number of para-hydroxylation sites is 4. The SMILES string of the molecule is Cc1[cH-]c2c3ccccc3n(-c3ccccc3)c2c1C.Cc1[cH-]c2c3ccccc3n(-c3ccccc3)c2c1C.[Zr+2]. The van der Waals surface area contributed by atoms with Crippen molar-refractivity contribution in [3.8, 4) is 11.4 Å². The third-order valence-electron chi connectivity index (χ3n) is 8.47. The quantitative estimate of drug-likeness (QED) is 0.173. The van der Waals surface area contributed by atoms with Crippen molar-refractivity contribution in [2.45, 2.75) is 27.7 Å². The molecule has 0 unspecified atom stereocenters. The van der Waals surface area contributed by atoms with Gasteiger partial charge in [0.05, 0.1) is 0 Å². The Kier molecular flexibility index (Phi) is 7.18. The number of rotatable bonds is 2. The Hall–Kier alpha value is -3.94. The largest absolute Gasteiger partial charge is 2.00 e. The molecule has 0 N–H and O–H groups in total. The first-order valence-electron chi connectivity index (χ1n) is 14.0. The van der Waals surface area contributed by atoms with Crippen LogP contribution < -0.4 is 0 Å². The van der Waals surface area contributed by atoms with Crippen molar-refractivity contribution in [3.63, 3.8) is 0 Å². The van der Waals surface area contributed by atoms with Crippen LogP contribution in [0.2, 0.25) is 0 Å². The number of hydrogen-bond donors (Lipinski definition) is 0. The zero-order valence-corrected chi connectivity index (χ0v) is 26.4. The van der Waals surface area contributed by atoms with Gasteiger partial charge in [0.1, 0.15) is 0 Å². The number of aromatic nitrogens is 2. The van der Waals surface area contributed by atoms with E-state index in [2.05, 4.69) is 158 Å². The molecule has 2 heterocycles. The second kappa shape index (κ2) is 10.8. The summed E-state index contributed by atoms with van der Waals surface area (Å²) in [6.45, 7) is 8.82. The van der Waals surface area contributed by atoms with Gasteiger partial charge in [-0.25, -0.2) is 0 Å². The third kappa shape index (κ3) is 4.35. The maximum absolute atomic E-state index is 2.38. The van der Waals surface area contributed by atoms with Crippen molar-refractivity contribution in [1.82, 2.24) is 9.13 Å². The standard InChI is InChI=1S/2C19H16N.Zr/c2*1-13-12-17-16-10-6-7-11-18(16)20(19(17)14(13)2)15-8-4-3-5-9-15;/h2*3-12H,1-2H3;/q2*-1;+2. The fraction of sp³-hybridized carbons (Fsp3) is 0.105. The number of aryl methyl sites for hydroxylation is 4. The summed E-state index contributed by atoms with van der Waals surface area (Å²) in [6.07, 6.45) is 0. The topological polar surface area (TPSA) is 9.86 Å². The van der Waals surface area contributed by atoms with E-state index in [4.69, 9.17) is 0 Å². The van der Waals surface area contributed by atoms with Crippen LogP contribution in [0.3, 0.4) is 0 Å². The molecule has 0 saturated carbocycles. The summed E-state index contributed by atoms with van der Waals surface area (Å²) >= 11 is 0. The van der Waals surface area contributed by atoms with Crippen LogP contribution in [-0.2, 0) is 26.2 Å². The molecule has 0 amide bonds. The molecule has 0 aliphatic carbocycles. The molecule has 2 aromatic heterocycles. The van der Waals surface area contributed by atoms with Crippen LogP contribution in [0.25, 0.3) is 55.0 Å². The summed E-state index contributed by atoms with van der Waals surface area (Å²) in [5.74, 6) is 0. The predicted octanol–water partition coefficient (Wildman–Crippen LogP) is 10.2. The van der Waals surface area contributed by atoms with E-state index in [0.29, 0.717) is 0 Å². The molecule has 0 aliphatic rings. The van der Waals surface area contributed by atoms with E-state index in [1.807, 2.05) is 0 Å². The second-order valence-electron chi connectivity index (χ2n) is 10.8. The molecule has 8 rings (SSSR count). The van der Waals surface area contributed by atoms with Gasteiger partial charge in [0.2, 0.25) is 0 Å². The van der Waals surface area contributed by atoms with Crippen LogP contribution in [-0.4, -0.2) is 9.13 Å². The molecule has 0 spiro atoms. The Bertz CT molecular complexity index is 1980. The van der Waals surface area contributed by atoms with E-state index in [-0.39, 0.29) is 26.2 Å². The molecule has 0 radical (unpaired) electrons. The van der Waals surface area contributed by atoms with Crippen LogP contribution in [0.15, 0.2) is 121 Å². The van der Waals surface area contributed by atoms with Crippen molar-refractivity contribution in [2.75, 3.05) is 0 Å². The van der Waals surface area contributed by atoms with Gasteiger partial charge in [-0.05, 0) is 36.4 Å². The predicted molar refractivity (Wildman–Crippen MR) is 172 cm³/mol. The zero-order valence-electron chi connectivity index (χ0n) is 23.9. The van der Waals surface area contributed by atoms with Gasteiger partial charge >= 0.3 is 26.2 Å². The summed E-state index contributed by atoms with van der Waals surface area (Å²) in [6, 6.07) is 43.2. The third-order valence-corrected chi connectivity index (χ3v) is 8.47. The fourth-order valence-electron chi connectivity index (χ4n) is 6.27. The molecule has 41 heavy (non-hydrogen) atoms. The second-order valence-corrected chi connectivity index (χ2v) is 10.8. The maximum Gasteiger partial charge on any atom is 2.00 e. The van der Waals surface area contributed by atoms with Crippen molar-refractivity contribution in [1.29, 1.82) is 0 Å². The van der Waals surface area contributed by atoms with E-state index in [9.17, 15) is 0 Å². The molecule has 0 atom stereocenters. The van der Waals surface area contributed by atoms with Gasteiger partial charge in [-0.3, -0.25) is 0 Å². The van der Waals surface area contributed by atoms with Gasteiger partial charge in [0.25, 0.3) is 0 Å². The van der Waals surface area contributed by atoms with E-state index in [1.54, 1.807) is 0 Å². The summed E-state index contributed by atoms with van der Waals surface area (Å²) in [5.41, 5.74) is 13.2. The molecule has 8 aromatic rings. The van der Waals surface area contributed by atoms with Crippen LogP contribution in [0.5, 0.6) is 0 Å². The Morgan fingerprint density at radius 2 is 0.780 bits per heavy atom. The van der Waals surface area contributed by atoms with Gasteiger partial charge in [0.15, 0.2) is 0 Å². The maximum atomic E-state index is 2.38. The molecule has 6 aromatic carbocycles. The van der Waals surface area contributed by atoms with Crippen molar-refractivity contribution in [3.05, 3.63) is 144 Å². The van der Waals surface area contributed by atoms with E-state index < -0.39 is 0 Å². The zero-order chi connectivity index (χ0) is 27.4. The van der Waals surface area contributed by atoms with Crippen molar-refractivity contribution >= 4 is 43.6 Å². The first-order chi connectivity index (χ1) is 19.5. The molecule has 2 nitrogen and oxygen atoms in total. The Labute approximate surface area is 260 Å². The van der Waals surface area contributed by atoms with E-state index >= 15 is 0 Å². The monoisotopic (exact) mass is 606 g/mol. The molecule has 0 bridgehead atoms. The Balaban J connectivity index is 0.000000144. The summed E-state index contributed by atoms with van der Waals surface area (Å²) in [4.78, 5) is 0. The van der Waals surface area contributed by atoms with Crippen LogP contribution in [0, 0.1) is 27.7 Å². The first-order valence-corrected chi connectivity index (χ1v) is 14.0. The van der Waals surface area contributed by atoms with Crippen LogP contribution >= 0.6 is 0 Å². The summed E-state index contributed by atoms with van der Waals surface area (Å²) < 4.78 is 4.76. The van der Waals surface area contributed by atoms with Crippen molar-refractivity contribution < 1.29 is 26.2 Å². The smallest absolute Gasteiger partial charge is 0.367 e. The summed E-state index contributed by atoms with van der Waals surface area (Å²) in [7, 11) is 0. The Morgan fingerprint density at radius 3 is 1.17 bits per heavy atom. The molecule has 198 valence electrons. The average Bonchev–Trinajstić information content (AvgIpc) is 3.68. The normalized spacial score (nSPS) is 11.2. The van der Waals surface area contributed by atoms with Gasteiger partial charge in [-0.1, -0.05) is 122 Å². The van der Waals surface area contributed by atoms with E-state index in [0.717, 1.165) is 0 Å². The van der Waals surface area contributed by atoms with Gasteiger partial charge in [-0.2, -0.15) is 0 Å². The fourth-order valence-corrected chi connectivity index (χ4v) is 6.27. The van der Waals surface area contributed by atoms with E-state index in [1.165, 1.54) is 77.2 Å². The Morgan fingerprint density at radius 1 is 0.439 bits per heavy atom. The minimum atomic E-state index is 0.